The van der Waals surface area contributed by atoms with E-state index in [1.807, 2.05) is 32.0 Å². The normalized spacial score (nSPS) is 16.2. The molecule has 22 heavy (non-hydrogen) atoms. The molecular weight excluding hydrogens is 302 g/mol. The number of amides is 1. The van der Waals surface area contributed by atoms with Gasteiger partial charge in [0.25, 0.3) is 0 Å². The van der Waals surface area contributed by atoms with Crippen molar-refractivity contribution in [3.63, 3.8) is 0 Å². The van der Waals surface area contributed by atoms with Crippen LogP contribution in [0.3, 0.4) is 0 Å². The van der Waals surface area contributed by atoms with Crippen molar-refractivity contribution >= 4 is 23.5 Å². The molecular formula is C17H22ClNO3. The first-order chi connectivity index (χ1) is 10.3. The zero-order valence-corrected chi connectivity index (χ0v) is 13.8. The molecule has 0 heterocycles. The van der Waals surface area contributed by atoms with E-state index in [-0.39, 0.29) is 18.4 Å². The standard InChI is InChI=1S/C17H22ClNO3/c1-12(2)19(11-13-5-3-6-14(18)9-13)15(20)10-17(16(21)22)7-4-8-17/h3,5-6,9,12H,4,7-8,10-11H2,1-2H3,(H,21,22). The molecule has 2 rings (SSSR count). The Labute approximate surface area is 136 Å². The van der Waals surface area contributed by atoms with Crippen LogP contribution in [0.4, 0.5) is 0 Å². The van der Waals surface area contributed by atoms with Gasteiger partial charge < -0.3 is 10.0 Å². The first-order valence-corrected chi connectivity index (χ1v) is 7.99. The van der Waals surface area contributed by atoms with Gasteiger partial charge in [0, 0.05) is 24.0 Å². The summed E-state index contributed by atoms with van der Waals surface area (Å²) in [5.74, 6) is -0.948. The average molecular weight is 324 g/mol. The number of halogens is 1. The van der Waals surface area contributed by atoms with Crippen molar-refractivity contribution in [1.29, 1.82) is 0 Å². The molecule has 1 aliphatic rings. The van der Waals surface area contributed by atoms with Gasteiger partial charge in [-0.15, -0.1) is 0 Å². The van der Waals surface area contributed by atoms with Gasteiger partial charge in [0.1, 0.15) is 0 Å². The van der Waals surface area contributed by atoms with Crippen LogP contribution in [0.5, 0.6) is 0 Å². The summed E-state index contributed by atoms with van der Waals surface area (Å²) >= 11 is 5.99. The van der Waals surface area contributed by atoms with E-state index >= 15 is 0 Å². The molecule has 0 aromatic heterocycles. The molecule has 0 atom stereocenters. The van der Waals surface area contributed by atoms with Crippen molar-refractivity contribution in [3.8, 4) is 0 Å². The minimum Gasteiger partial charge on any atom is -0.481 e. The molecule has 1 fully saturated rings. The highest BCUT2D eigenvalue weighted by Crippen LogP contribution is 2.44. The van der Waals surface area contributed by atoms with E-state index in [0.29, 0.717) is 24.4 Å². The number of carboxylic acids is 1. The maximum Gasteiger partial charge on any atom is 0.310 e. The maximum absolute atomic E-state index is 12.6. The van der Waals surface area contributed by atoms with Crippen LogP contribution in [0.25, 0.3) is 0 Å². The molecule has 0 saturated heterocycles. The lowest BCUT2D eigenvalue weighted by atomic mass is 9.66. The highest BCUT2D eigenvalue weighted by atomic mass is 35.5. The summed E-state index contributed by atoms with van der Waals surface area (Å²) < 4.78 is 0. The minimum absolute atomic E-state index is 0.0115. The lowest BCUT2D eigenvalue weighted by molar-refractivity contribution is -0.160. The Hall–Kier alpha value is -1.55. The number of benzene rings is 1. The van der Waals surface area contributed by atoms with Gasteiger partial charge in [-0.1, -0.05) is 30.2 Å². The Balaban J connectivity index is 2.10. The number of hydrogen-bond acceptors (Lipinski definition) is 2. The third-order valence-electron chi connectivity index (χ3n) is 4.44. The van der Waals surface area contributed by atoms with Gasteiger partial charge in [0.05, 0.1) is 5.41 Å². The quantitative estimate of drug-likeness (QED) is 0.868. The molecule has 1 amide bonds. The first-order valence-electron chi connectivity index (χ1n) is 7.61. The third kappa shape index (κ3) is 3.61. The summed E-state index contributed by atoms with van der Waals surface area (Å²) in [5.41, 5.74) is 0.103. The number of carbonyl (C=O) groups excluding carboxylic acids is 1. The Kier molecular flexibility index (Phi) is 5.12. The Morgan fingerprint density at radius 1 is 1.36 bits per heavy atom. The van der Waals surface area contributed by atoms with Gasteiger partial charge in [0.15, 0.2) is 0 Å². The number of nitrogens with zero attached hydrogens (tertiary/aromatic N) is 1. The zero-order valence-electron chi connectivity index (χ0n) is 13.0. The van der Waals surface area contributed by atoms with Crippen LogP contribution in [0, 0.1) is 5.41 Å². The van der Waals surface area contributed by atoms with Crippen molar-refractivity contribution in [2.75, 3.05) is 0 Å². The lowest BCUT2D eigenvalue weighted by Crippen LogP contribution is -2.45. The summed E-state index contributed by atoms with van der Waals surface area (Å²) in [6, 6.07) is 7.41. The Morgan fingerprint density at radius 2 is 2.05 bits per heavy atom. The van der Waals surface area contributed by atoms with E-state index in [2.05, 4.69) is 0 Å². The summed E-state index contributed by atoms with van der Waals surface area (Å²) in [4.78, 5) is 25.8. The number of rotatable bonds is 6. The van der Waals surface area contributed by atoms with Gasteiger partial charge in [-0.05, 0) is 44.4 Å². The highest BCUT2D eigenvalue weighted by Gasteiger charge is 2.46. The van der Waals surface area contributed by atoms with Crippen LogP contribution >= 0.6 is 11.6 Å². The van der Waals surface area contributed by atoms with E-state index in [0.717, 1.165) is 12.0 Å². The maximum atomic E-state index is 12.6. The second-order valence-corrected chi connectivity index (χ2v) is 6.80. The van der Waals surface area contributed by atoms with E-state index in [1.54, 1.807) is 11.0 Å². The third-order valence-corrected chi connectivity index (χ3v) is 4.67. The molecule has 0 unspecified atom stereocenters. The average Bonchev–Trinajstić information content (AvgIpc) is 2.39. The van der Waals surface area contributed by atoms with Crippen molar-refractivity contribution < 1.29 is 14.7 Å². The SMILES string of the molecule is CC(C)N(Cc1cccc(Cl)c1)C(=O)CC1(C(=O)O)CCC1. The summed E-state index contributed by atoms with van der Waals surface area (Å²) in [5, 5.41) is 10.0. The van der Waals surface area contributed by atoms with Crippen molar-refractivity contribution in [2.45, 2.75) is 52.1 Å². The Morgan fingerprint density at radius 3 is 2.50 bits per heavy atom. The van der Waals surface area contributed by atoms with Gasteiger partial charge in [-0.3, -0.25) is 9.59 Å². The predicted octanol–water partition coefficient (Wildman–Crippen LogP) is 3.72. The number of hydrogen-bond donors (Lipinski definition) is 1. The van der Waals surface area contributed by atoms with E-state index < -0.39 is 11.4 Å². The second kappa shape index (κ2) is 6.69. The number of carboxylic acid groups (broad SMARTS) is 1. The molecule has 1 aromatic carbocycles. The zero-order chi connectivity index (χ0) is 16.3. The molecule has 0 radical (unpaired) electrons. The smallest absolute Gasteiger partial charge is 0.310 e. The van der Waals surface area contributed by atoms with E-state index in [9.17, 15) is 14.7 Å². The highest BCUT2D eigenvalue weighted by molar-refractivity contribution is 6.30. The molecule has 1 saturated carbocycles. The fourth-order valence-electron chi connectivity index (χ4n) is 2.85. The minimum atomic E-state index is -0.849. The van der Waals surface area contributed by atoms with E-state index in [1.165, 1.54) is 0 Å². The number of aliphatic carboxylic acids is 1. The summed E-state index contributed by atoms with van der Waals surface area (Å²) in [7, 11) is 0. The van der Waals surface area contributed by atoms with Crippen LogP contribution in [-0.2, 0) is 16.1 Å². The molecule has 0 aliphatic heterocycles. The van der Waals surface area contributed by atoms with Crippen LogP contribution in [0.2, 0.25) is 5.02 Å². The fourth-order valence-corrected chi connectivity index (χ4v) is 3.06. The van der Waals surface area contributed by atoms with Crippen LogP contribution < -0.4 is 0 Å². The molecule has 4 nitrogen and oxygen atoms in total. The fraction of sp³-hybridized carbons (Fsp3) is 0.529. The van der Waals surface area contributed by atoms with Crippen molar-refractivity contribution in [2.24, 2.45) is 5.41 Å². The topological polar surface area (TPSA) is 57.6 Å². The van der Waals surface area contributed by atoms with Crippen LogP contribution in [0.15, 0.2) is 24.3 Å². The summed E-state index contributed by atoms with van der Waals surface area (Å²) in [6.07, 6.45) is 2.16. The van der Waals surface area contributed by atoms with Gasteiger partial charge >= 0.3 is 5.97 Å². The van der Waals surface area contributed by atoms with Gasteiger partial charge in [-0.25, -0.2) is 0 Å². The monoisotopic (exact) mass is 323 g/mol. The summed E-state index contributed by atoms with van der Waals surface area (Å²) in [6.45, 7) is 4.33. The van der Waals surface area contributed by atoms with Crippen molar-refractivity contribution in [1.82, 2.24) is 4.90 Å². The molecule has 1 aromatic rings. The first kappa shape index (κ1) is 16.8. The van der Waals surface area contributed by atoms with Gasteiger partial charge in [-0.2, -0.15) is 0 Å². The molecule has 0 spiro atoms. The second-order valence-electron chi connectivity index (χ2n) is 6.36. The van der Waals surface area contributed by atoms with Crippen molar-refractivity contribution in [3.05, 3.63) is 34.9 Å². The number of carbonyl (C=O) groups is 2. The molecule has 0 bridgehead atoms. The molecule has 1 aliphatic carbocycles. The molecule has 5 heteroatoms. The largest absolute Gasteiger partial charge is 0.481 e. The van der Waals surface area contributed by atoms with E-state index in [4.69, 9.17) is 11.6 Å². The Bertz CT molecular complexity index is 567. The van der Waals surface area contributed by atoms with Crippen LogP contribution in [0.1, 0.15) is 45.1 Å². The molecule has 120 valence electrons. The molecule has 1 N–H and O–H groups in total. The predicted molar refractivity (Wildman–Crippen MR) is 85.7 cm³/mol. The van der Waals surface area contributed by atoms with Gasteiger partial charge in [0.2, 0.25) is 5.91 Å². The van der Waals surface area contributed by atoms with Crippen LogP contribution in [-0.4, -0.2) is 27.9 Å². The lowest BCUT2D eigenvalue weighted by Gasteiger charge is -2.39.